The first-order valence-electron chi connectivity index (χ1n) is 7.48. The van der Waals surface area contributed by atoms with Crippen molar-refractivity contribution < 1.29 is 19.5 Å². The van der Waals surface area contributed by atoms with Crippen LogP contribution in [0.5, 0.6) is 0 Å². The quantitative estimate of drug-likeness (QED) is 0.575. The minimum absolute atomic E-state index is 0.0324. The Morgan fingerprint density at radius 2 is 1.74 bits per heavy atom. The highest BCUT2D eigenvalue weighted by molar-refractivity contribution is 5.87. The molecule has 0 fully saturated rings. The molecule has 23 heavy (non-hydrogen) atoms. The van der Waals surface area contributed by atoms with E-state index in [9.17, 15) is 14.4 Å². The van der Waals surface area contributed by atoms with Crippen molar-refractivity contribution in [3.63, 3.8) is 0 Å². The molecule has 0 aliphatic carbocycles. The van der Waals surface area contributed by atoms with Crippen molar-refractivity contribution in [3.05, 3.63) is 35.9 Å². The molecular formula is C16H23N3O4. The average molecular weight is 321 g/mol. The van der Waals surface area contributed by atoms with Crippen LogP contribution < -0.4 is 16.0 Å². The van der Waals surface area contributed by atoms with Crippen molar-refractivity contribution in [2.75, 3.05) is 6.54 Å². The van der Waals surface area contributed by atoms with Crippen LogP contribution in [0.15, 0.2) is 30.3 Å². The van der Waals surface area contributed by atoms with E-state index in [1.165, 1.54) is 0 Å². The number of urea groups is 1. The number of amides is 3. The molecule has 4 N–H and O–H groups in total. The molecule has 0 aliphatic heterocycles. The van der Waals surface area contributed by atoms with Gasteiger partial charge in [-0.25, -0.2) is 4.79 Å². The molecule has 1 atom stereocenters. The lowest BCUT2D eigenvalue weighted by Gasteiger charge is -2.21. The maximum atomic E-state index is 12.0. The molecule has 3 amide bonds. The summed E-state index contributed by atoms with van der Waals surface area (Å²) in [5.41, 5.74) is 0.953. The maximum Gasteiger partial charge on any atom is 0.315 e. The van der Waals surface area contributed by atoms with Gasteiger partial charge in [0.25, 0.3) is 0 Å². The summed E-state index contributed by atoms with van der Waals surface area (Å²) >= 11 is 0. The van der Waals surface area contributed by atoms with Crippen LogP contribution in [0.3, 0.4) is 0 Å². The number of rotatable bonds is 8. The lowest BCUT2D eigenvalue weighted by atomic mass is 10.0. The maximum absolute atomic E-state index is 12.0. The van der Waals surface area contributed by atoms with Gasteiger partial charge in [0.05, 0.1) is 6.42 Å². The standard InChI is InChI=1S/C16H23N3O4/c1-11(2)14(15(22)17-9-8-13(20)21)19-16(23)18-10-12-6-4-3-5-7-12/h3-7,11,14H,8-10H2,1-2H3,(H,17,22)(H,20,21)(H2,18,19,23). The lowest BCUT2D eigenvalue weighted by molar-refractivity contribution is -0.137. The van der Waals surface area contributed by atoms with Crippen LogP contribution in [0.25, 0.3) is 0 Å². The predicted octanol–water partition coefficient (Wildman–Crippen LogP) is 1.10. The van der Waals surface area contributed by atoms with Gasteiger partial charge >= 0.3 is 12.0 Å². The number of carbonyl (C=O) groups excluding carboxylic acids is 2. The van der Waals surface area contributed by atoms with E-state index in [0.29, 0.717) is 6.54 Å². The SMILES string of the molecule is CC(C)C(NC(=O)NCc1ccccc1)C(=O)NCCC(=O)O. The first kappa shape index (κ1) is 18.5. The van der Waals surface area contributed by atoms with Gasteiger partial charge in [-0.15, -0.1) is 0 Å². The molecule has 7 nitrogen and oxygen atoms in total. The number of hydrogen-bond acceptors (Lipinski definition) is 3. The predicted molar refractivity (Wildman–Crippen MR) is 85.7 cm³/mol. The first-order chi connectivity index (χ1) is 10.9. The number of benzene rings is 1. The van der Waals surface area contributed by atoms with E-state index in [-0.39, 0.29) is 18.9 Å². The summed E-state index contributed by atoms with van der Waals surface area (Å²) in [6.07, 6.45) is -0.156. The van der Waals surface area contributed by atoms with Crippen molar-refractivity contribution in [3.8, 4) is 0 Å². The number of carbonyl (C=O) groups is 3. The van der Waals surface area contributed by atoms with Crippen LogP contribution in [0.1, 0.15) is 25.8 Å². The fraction of sp³-hybridized carbons (Fsp3) is 0.438. The number of carboxylic acid groups (broad SMARTS) is 1. The highest BCUT2D eigenvalue weighted by atomic mass is 16.4. The Morgan fingerprint density at radius 3 is 2.30 bits per heavy atom. The third kappa shape index (κ3) is 7.30. The Labute approximate surface area is 135 Å². The summed E-state index contributed by atoms with van der Waals surface area (Å²) in [6, 6.07) is 8.25. The second-order valence-corrected chi connectivity index (χ2v) is 5.47. The van der Waals surface area contributed by atoms with E-state index in [1.807, 2.05) is 30.3 Å². The summed E-state index contributed by atoms with van der Waals surface area (Å²) in [6.45, 7) is 4.00. The summed E-state index contributed by atoms with van der Waals surface area (Å²) < 4.78 is 0. The fourth-order valence-electron chi connectivity index (χ4n) is 1.91. The van der Waals surface area contributed by atoms with Crippen LogP contribution in [0.4, 0.5) is 4.79 Å². The van der Waals surface area contributed by atoms with Crippen molar-refractivity contribution in [2.45, 2.75) is 32.9 Å². The lowest BCUT2D eigenvalue weighted by Crippen LogP contribution is -2.52. The zero-order valence-electron chi connectivity index (χ0n) is 13.3. The van der Waals surface area contributed by atoms with Gasteiger partial charge in [0, 0.05) is 13.1 Å². The molecular weight excluding hydrogens is 298 g/mol. The van der Waals surface area contributed by atoms with Crippen molar-refractivity contribution in [1.82, 2.24) is 16.0 Å². The summed E-state index contributed by atoms with van der Waals surface area (Å²) in [7, 11) is 0. The summed E-state index contributed by atoms with van der Waals surface area (Å²) in [4.78, 5) is 34.4. The van der Waals surface area contributed by atoms with E-state index < -0.39 is 23.9 Å². The van der Waals surface area contributed by atoms with E-state index >= 15 is 0 Å². The fourth-order valence-corrected chi connectivity index (χ4v) is 1.91. The molecule has 1 aromatic rings. The highest BCUT2D eigenvalue weighted by Gasteiger charge is 2.23. The minimum atomic E-state index is -0.986. The number of hydrogen-bond donors (Lipinski definition) is 4. The Morgan fingerprint density at radius 1 is 1.09 bits per heavy atom. The Hall–Kier alpha value is -2.57. The molecule has 0 bridgehead atoms. The molecule has 0 saturated carbocycles. The molecule has 1 aromatic carbocycles. The van der Waals surface area contributed by atoms with Crippen LogP contribution in [-0.4, -0.2) is 35.6 Å². The van der Waals surface area contributed by atoms with Crippen LogP contribution >= 0.6 is 0 Å². The smallest absolute Gasteiger partial charge is 0.315 e. The summed E-state index contributed by atoms with van der Waals surface area (Å²) in [5.74, 6) is -1.50. The molecule has 126 valence electrons. The highest BCUT2D eigenvalue weighted by Crippen LogP contribution is 2.02. The molecule has 0 saturated heterocycles. The second kappa shape index (κ2) is 9.45. The molecule has 7 heteroatoms. The molecule has 0 radical (unpaired) electrons. The van der Waals surface area contributed by atoms with Gasteiger partial charge in [0.1, 0.15) is 6.04 Å². The van der Waals surface area contributed by atoms with Crippen LogP contribution in [0.2, 0.25) is 0 Å². The average Bonchev–Trinajstić information content (AvgIpc) is 2.50. The summed E-state index contributed by atoms with van der Waals surface area (Å²) in [5, 5.41) is 16.4. The van der Waals surface area contributed by atoms with Gasteiger partial charge in [-0.1, -0.05) is 44.2 Å². The zero-order valence-corrected chi connectivity index (χ0v) is 13.3. The van der Waals surface area contributed by atoms with E-state index in [2.05, 4.69) is 16.0 Å². The largest absolute Gasteiger partial charge is 0.481 e. The third-order valence-corrected chi connectivity index (χ3v) is 3.17. The van der Waals surface area contributed by atoms with Gasteiger partial charge < -0.3 is 21.1 Å². The Bertz CT molecular complexity index is 531. The van der Waals surface area contributed by atoms with E-state index in [0.717, 1.165) is 5.56 Å². The first-order valence-corrected chi connectivity index (χ1v) is 7.48. The molecule has 0 spiro atoms. The van der Waals surface area contributed by atoms with Crippen molar-refractivity contribution in [2.24, 2.45) is 5.92 Å². The van der Waals surface area contributed by atoms with Crippen molar-refractivity contribution >= 4 is 17.9 Å². The van der Waals surface area contributed by atoms with Gasteiger partial charge in [-0.05, 0) is 11.5 Å². The second-order valence-electron chi connectivity index (χ2n) is 5.47. The molecule has 0 aromatic heterocycles. The molecule has 1 rings (SSSR count). The monoisotopic (exact) mass is 321 g/mol. The number of aliphatic carboxylic acids is 1. The molecule has 0 heterocycles. The molecule has 1 unspecified atom stereocenters. The van der Waals surface area contributed by atoms with E-state index in [1.54, 1.807) is 13.8 Å². The Balaban J connectivity index is 2.46. The van der Waals surface area contributed by atoms with Gasteiger partial charge in [-0.3, -0.25) is 9.59 Å². The third-order valence-electron chi connectivity index (χ3n) is 3.17. The van der Waals surface area contributed by atoms with Gasteiger partial charge in [-0.2, -0.15) is 0 Å². The van der Waals surface area contributed by atoms with E-state index in [4.69, 9.17) is 5.11 Å². The van der Waals surface area contributed by atoms with Gasteiger partial charge in [0.2, 0.25) is 5.91 Å². The normalized spacial score (nSPS) is 11.6. The minimum Gasteiger partial charge on any atom is -0.481 e. The van der Waals surface area contributed by atoms with Crippen molar-refractivity contribution in [1.29, 1.82) is 0 Å². The van der Waals surface area contributed by atoms with Crippen LogP contribution in [-0.2, 0) is 16.1 Å². The molecule has 0 aliphatic rings. The Kier molecular flexibility index (Phi) is 7.59. The topological polar surface area (TPSA) is 108 Å². The van der Waals surface area contributed by atoms with Gasteiger partial charge in [0.15, 0.2) is 0 Å². The number of carboxylic acids is 1. The number of nitrogens with one attached hydrogen (secondary N) is 3. The van der Waals surface area contributed by atoms with Crippen LogP contribution in [0, 0.1) is 5.92 Å². The zero-order chi connectivity index (χ0) is 17.2.